The molecule has 20 aromatic rings. The number of fused-ring (bicyclic) bond motifs is 8. The zero-order valence-corrected chi connectivity index (χ0v) is 66.4. The van der Waals surface area contributed by atoms with Gasteiger partial charge >= 0.3 is 0 Å². The van der Waals surface area contributed by atoms with Gasteiger partial charge in [0.05, 0.1) is 33.4 Å². The molecule has 0 atom stereocenters. The van der Waals surface area contributed by atoms with Crippen LogP contribution in [0.15, 0.2) is 352 Å². The van der Waals surface area contributed by atoms with Gasteiger partial charge in [0.1, 0.15) is 0 Å². The molecule has 0 radical (unpaired) electrons. The summed E-state index contributed by atoms with van der Waals surface area (Å²) >= 11 is 0. The standard InChI is InChI=1S/C110H85BN4/c1-108(2,3)78-60-87(70-34-18-12-19-35-70)106(89(62-78)76-42-26-40-74(58-76)68-30-14-10-15-31-68)114-97-66-81(112-93-48-24-22-44-83(93)84-45-23-25-49-94(84)112)52-54-91(97)111-92-55-53-82(113-95-56-50-72-38-28-46-85-86-47-29-39-73-51-57-96(113)104(102(73)86)103(95)101(72)85)67-98(92)115(100-65-80(110(7,8)9)64-99(114)105(100)111)107-88(71-36-20-13-21-37-71)61-79(109(4,5)6)63-90(107)77-43-27-41-75(59-77)69-32-16-11-17-33-69/h10-67H,1-9H3. The third-order valence-electron chi connectivity index (χ3n) is 25.2. The third-order valence-corrected chi connectivity index (χ3v) is 25.2. The molecule has 548 valence electrons. The highest BCUT2D eigenvalue weighted by molar-refractivity contribution is 7.00. The fourth-order valence-corrected chi connectivity index (χ4v) is 19.6. The molecular weight excluding hydrogens is 1390 g/mol. The van der Waals surface area contributed by atoms with Crippen molar-refractivity contribution < 1.29 is 0 Å². The molecule has 0 amide bonds. The van der Waals surface area contributed by atoms with E-state index in [0.717, 1.165) is 90.0 Å². The molecule has 2 aliphatic rings. The second-order valence-electron chi connectivity index (χ2n) is 35.2. The lowest BCUT2D eigenvalue weighted by Gasteiger charge is -2.47. The minimum Gasteiger partial charge on any atom is -0.310 e. The Kier molecular flexibility index (Phi) is 15.2. The van der Waals surface area contributed by atoms with Gasteiger partial charge in [-0.2, -0.15) is 0 Å². The Balaban J connectivity index is 0.922. The monoisotopic (exact) mass is 1470 g/mol. The molecule has 22 rings (SSSR count). The molecule has 0 saturated heterocycles. The summed E-state index contributed by atoms with van der Waals surface area (Å²) in [5.74, 6) is 0. The van der Waals surface area contributed by atoms with Crippen molar-refractivity contribution in [3.63, 3.8) is 0 Å². The first-order valence-electron chi connectivity index (χ1n) is 40.7. The first-order valence-corrected chi connectivity index (χ1v) is 40.7. The summed E-state index contributed by atoms with van der Waals surface area (Å²) in [5, 5.41) is 12.8. The molecule has 0 fully saturated rings. The van der Waals surface area contributed by atoms with Crippen LogP contribution in [0.25, 0.3) is 154 Å². The quantitative estimate of drug-likeness (QED) is 0.0771. The van der Waals surface area contributed by atoms with Crippen LogP contribution in [0.5, 0.6) is 0 Å². The molecule has 0 unspecified atom stereocenters. The van der Waals surface area contributed by atoms with Crippen LogP contribution in [0.4, 0.5) is 34.1 Å². The van der Waals surface area contributed by atoms with Crippen molar-refractivity contribution in [2.45, 2.75) is 78.6 Å². The first-order chi connectivity index (χ1) is 56.0. The number of anilines is 6. The smallest absolute Gasteiger partial charge is 0.252 e. The van der Waals surface area contributed by atoms with E-state index in [1.54, 1.807) is 0 Å². The van der Waals surface area contributed by atoms with E-state index >= 15 is 0 Å². The normalized spacial score (nSPS) is 13.0. The van der Waals surface area contributed by atoms with E-state index in [-0.39, 0.29) is 23.0 Å². The molecule has 0 aliphatic carbocycles. The second-order valence-corrected chi connectivity index (χ2v) is 35.2. The zero-order valence-electron chi connectivity index (χ0n) is 66.4. The van der Waals surface area contributed by atoms with Gasteiger partial charge in [0.15, 0.2) is 0 Å². The highest BCUT2D eigenvalue weighted by Crippen LogP contribution is 2.57. The molecule has 2 aromatic heterocycles. The van der Waals surface area contributed by atoms with Crippen LogP contribution < -0.4 is 26.2 Å². The lowest BCUT2D eigenvalue weighted by Crippen LogP contribution is -2.61. The Morgan fingerprint density at radius 2 is 0.557 bits per heavy atom. The Labute approximate surface area is 672 Å². The van der Waals surface area contributed by atoms with Gasteiger partial charge in [-0.25, -0.2) is 0 Å². The van der Waals surface area contributed by atoms with Crippen LogP contribution in [0.1, 0.15) is 79.0 Å². The predicted octanol–water partition coefficient (Wildman–Crippen LogP) is 28.2. The van der Waals surface area contributed by atoms with Crippen LogP contribution in [0.2, 0.25) is 0 Å². The minimum atomic E-state index is -0.375. The van der Waals surface area contributed by atoms with Crippen LogP contribution in [0.3, 0.4) is 0 Å². The van der Waals surface area contributed by atoms with Gasteiger partial charge in [0.25, 0.3) is 6.71 Å². The van der Waals surface area contributed by atoms with Gasteiger partial charge < -0.3 is 18.9 Å². The van der Waals surface area contributed by atoms with Gasteiger partial charge in [0.2, 0.25) is 0 Å². The number of nitrogens with zero attached hydrogens (tertiary/aromatic N) is 4. The molecule has 0 saturated carbocycles. The number of hydrogen-bond acceptors (Lipinski definition) is 2. The molecule has 0 spiro atoms. The van der Waals surface area contributed by atoms with Crippen LogP contribution in [-0.4, -0.2) is 15.8 Å². The number of rotatable bonds is 10. The average molecular weight is 1470 g/mol. The van der Waals surface area contributed by atoms with Gasteiger partial charge in [0, 0.05) is 77.9 Å². The minimum absolute atomic E-state index is 0.239. The van der Waals surface area contributed by atoms with E-state index in [0.29, 0.717) is 0 Å². The molecule has 5 heteroatoms. The van der Waals surface area contributed by atoms with E-state index in [9.17, 15) is 0 Å². The summed E-state index contributed by atoms with van der Waals surface area (Å²) in [6.07, 6.45) is 0. The summed E-state index contributed by atoms with van der Waals surface area (Å²) in [6.45, 7) is 21.2. The summed E-state index contributed by atoms with van der Waals surface area (Å²) in [6, 6.07) is 135. The van der Waals surface area contributed by atoms with Crippen LogP contribution in [-0.2, 0) is 16.2 Å². The lowest BCUT2D eigenvalue weighted by molar-refractivity contribution is 0.590. The van der Waals surface area contributed by atoms with Gasteiger partial charge in [-0.1, -0.05) is 317 Å². The number of para-hydroxylation sites is 2. The van der Waals surface area contributed by atoms with Crippen LogP contribution >= 0.6 is 0 Å². The molecule has 4 heterocycles. The Morgan fingerprint density at radius 1 is 0.226 bits per heavy atom. The maximum atomic E-state index is 2.77. The number of hydrogen-bond donors (Lipinski definition) is 0. The highest BCUT2D eigenvalue weighted by atomic mass is 15.2. The maximum Gasteiger partial charge on any atom is 0.252 e. The predicted molar refractivity (Wildman–Crippen MR) is 493 cm³/mol. The molecule has 2 aliphatic heterocycles. The van der Waals surface area contributed by atoms with Gasteiger partial charge in [-0.15, -0.1) is 0 Å². The molecule has 4 nitrogen and oxygen atoms in total. The van der Waals surface area contributed by atoms with E-state index in [4.69, 9.17) is 0 Å². The molecule has 115 heavy (non-hydrogen) atoms. The highest BCUT2D eigenvalue weighted by Gasteiger charge is 2.47. The zero-order chi connectivity index (χ0) is 77.5. The van der Waals surface area contributed by atoms with Crippen molar-refractivity contribution in [3.8, 4) is 78.1 Å². The molecule has 0 bridgehead atoms. The maximum absolute atomic E-state index is 2.77. The van der Waals surface area contributed by atoms with Gasteiger partial charge in [-0.3, -0.25) is 0 Å². The summed E-state index contributed by atoms with van der Waals surface area (Å²) in [7, 11) is 0. The lowest BCUT2D eigenvalue weighted by atomic mass is 9.33. The molecular formula is C110H85BN4. The largest absolute Gasteiger partial charge is 0.310 e. The first kappa shape index (κ1) is 68.3. The van der Waals surface area contributed by atoms with Crippen LogP contribution in [0, 0.1) is 0 Å². The fourth-order valence-electron chi connectivity index (χ4n) is 19.6. The van der Waals surface area contributed by atoms with E-state index in [2.05, 4.69) is 433 Å². The molecule has 0 N–H and O–H groups in total. The SMILES string of the molecule is CC(C)(C)c1cc(-c2ccccc2)c(N2c3cc(-n4c5ccccc5c5ccccc54)ccc3B3c4ccc(-n5c6ccc7cccc8c9cccc%10ccc5c(c%109)c6c78)cc4N(c4c(-c5ccccc5)cc(C(C)(C)C)cc4-c4cccc(-c5ccccc5)c4)c4cc(C(C)(C)C)cc2c43)c(-c2cccc(-c3ccccc3)c2)c1. The number of aromatic nitrogens is 2. The Hall–Kier alpha value is -13.5. The van der Waals surface area contributed by atoms with E-state index in [1.165, 1.54) is 131 Å². The second kappa shape index (κ2) is 25.5. The van der Waals surface area contributed by atoms with Crippen molar-refractivity contribution in [3.05, 3.63) is 369 Å². The van der Waals surface area contributed by atoms with Gasteiger partial charge in [-0.05, 0) is 223 Å². The average Bonchev–Trinajstić information content (AvgIpc) is 1.66. The van der Waals surface area contributed by atoms with E-state index < -0.39 is 0 Å². The van der Waals surface area contributed by atoms with Crippen molar-refractivity contribution in [1.29, 1.82) is 0 Å². The summed E-state index contributed by atoms with van der Waals surface area (Å²) in [4.78, 5) is 5.53. The topological polar surface area (TPSA) is 16.3 Å². The van der Waals surface area contributed by atoms with Crippen molar-refractivity contribution >= 4 is 133 Å². The third kappa shape index (κ3) is 10.7. The summed E-state index contributed by atoms with van der Waals surface area (Å²) in [5.41, 5.74) is 34.2. The van der Waals surface area contributed by atoms with E-state index in [1.807, 2.05) is 0 Å². The fraction of sp³-hybridized carbons (Fsp3) is 0.109. The van der Waals surface area contributed by atoms with Crippen molar-refractivity contribution in [1.82, 2.24) is 9.13 Å². The number of benzene rings is 18. The van der Waals surface area contributed by atoms with Crippen molar-refractivity contribution in [2.75, 3.05) is 9.80 Å². The van der Waals surface area contributed by atoms with Crippen molar-refractivity contribution in [2.24, 2.45) is 0 Å². The Morgan fingerprint density at radius 3 is 0.965 bits per heavy atom. The molecule has 18 aromatic carbocycles. The Bertz CT molecular complexity index is 7170. The summed E-state index contributed by atoms with van der Waals surface area (Å²) < 4.78 is 5.12.